The van der Waals surface area contributed by atoms with Crippen molar-refractivity contribution in [3.63, 3.8) is 0 Å². The molecule has 2 aromatic rings. The van der Waals surface area contributed by atoms with Gasteiger partial charge in [-0.25, -0.2) is 0 Å². The van der Waals surface area contributed by atoms with Crippen molar-refractivity contribution < 1.29 is 23.9 Å². The number of ether oxygens (including phenoxy) is 2. The Balaban J connectivity index is 1.36. The first kappa shape index (κ1) is 24.3. The summed E-state index contributed by atoms with van der Waals surface area (Å²) in [4.78, 5) is 45.3. The Bertz CT molecular complexity index is 1080. The number of hydrogen-bond donors (Lipinski definition) is 0. The van der Waals surface area contributed by atoms with Gasteiger partial charge >= 0.3 is 0 Å². The quantitative estimate of drug-likeness (QED) is 0.643. The van der Waals surface area contributed by atoms with E-state index in [1.807, 2.05) is 64.4 Å². The summed E-state index contributed by atoms with van der Waals surface area (Å²) in [6, 6.07) is 16.8. The van der Waals surface area contributed by atoms with Gasteiger partial charge in [0.2, 0.25) is 11.8 Å². The van der Waals surface area contributed by atoms with E-state index in [9.17, 15) is 14.4 Å². The first-order valence-electron chi connectivity index (χ1n) is 12.8. The van der Waals surface area contributed by atoms with Crippen LogP contribution >= 0.6 is 0 Å². The summed E-state index contributed by atoms with van der Waals surface area (Å²) < 4.78 is 10.9. The van der Waals surface area contributed by atoms with Crippen LogP contribution < -0.4 is 9.64 Å². The summed E-state index contributed by atoms with van der Waals surface area (Å²) in [6.07, 6.45) is 2.16. The third-order valence-electron chi connectivity index (χ3n) is 7.51. The fraction of sp³-hybridized carbons (Fsp3) is 0.464. The van der Waals surface area contributed by atoms with Crippen molar-refractivity contribution in [3.8, 4) is 5.75 Å². The topological polar surface area (TPSA) is 79.4 Å². The molecule has 0 N–H and O–H groups in total. The average Bonchev–Trinajstić information content (AvgIpc) is 3.48. The summed E-state index contributed by atoms with van der Waals surface area (Å²) in [5.74, 6) is 0.426. The van der Waals surface area contributed by atoms with Gasteiger partial charge in [-0.05, 0) is 49.1 Å². The molecule has 2 aromatic carbocycles. The Morgan fingerprint density at radius 2 is 1.56 bits per heavy atom. The number of piperazine rings is 1. The Morgan fingerprint density at radius 1 is 0.889 bits per heavy atom. The van der Waals surface area contributed by atoms with Gasteiger partial charge < -0.3 is 24.2 Å². The molecule has 0 spiro atoms. The number of carbonyl (C=O) groups excluding carboxylic acids is 3. The molecule has 3 aliphatic heterocycles. The number of anilines is 1. The van der Waals surface area contributed by atoms with Crippen molar-refractivity contribution >= 4 is 23.4 Å². The second kappa shape index (κ2) is 10.7. The van der Waals surface area contributed by atoms with Gasteiger partial charge in [0, 0.05) is 44.9 Å². The number of methoxy groups -OCH3 is 1. The fourth-order valence-corrected chi connectivity index (χ4v) is 5.59. The highest BCUT2D eigenvalue weighted by Crippen LogP contribution is 2.41. The van der Waals surface area contributed by atoms with Crippen LogP contribution in [0.2, 0.25) is 0 Å². The molecule has 3 saturated heterocycles. The third kappa shape index (κ3) is 4.82. The number of carbonyl (C=O) groups is 3. The smallest absolute Gasteiger partial charge is 0.251 e. The molecule has 3 atom stereocenters. The number of nitrogens with zero attached hydrogens (tertiary/aromatic N) is 3. The number of hydrogen-bond acceptors (Lipinski definition) is 5. The Kier molecular flexibility index (Phi) is 7.23. The van der Waals surface area contributed by atoms with Gasteiger partial charge in [0.1, 0.15) is 11.9 Å². The molecular formula is C28H33N3O5. The van der Waals surface area contributed by atoms with Crippen molar-refractivity contribution in [1.29, 1.82) is 0 Å². The van der Waals surface area contributed by atoms with Gasteiger partial charge in [0.15, 0.2) is 0 Å². The fourth-order valence-electron chi connectivity index (χ4n) is 5.59. The molecule has 3 fully saturated rings. The second-order valence-corrected chi connectivity index (χ2v) is 9.61. The lowest BCUT2D eigenvalue weighted by Crippen LogP contribution is -2.56. The van der Waals surface area contributed by atoms with Gasteiger partial charge in [0.25, 0.3) is 5.91 Å². The maximum absolute atomic E-state index is 13.9. The lowest BCUT2D eigenvalue weighted by molar-refractivity contribution is -0.148. The predicted octanol–water partition coefficient (Wildman–Crippen LogP) is 3.03. The van der Waals surface area contributed by atoms with Crippen LogP contribution in [0.1, 0.15) is 37.3 Å². The molecule has 0 aliphatic carbocycles. The molecule has 5 rings (SSSR count). The zero-order valence-corrected chi connectivity index (χ0v) is 20.7. The summed E-state index contributed by atoms with van der Waals surface area (Å²) in [5.41, 5.74) is 1.69. The molecular weight excluding hydrogens is 458 g/mol. The first-order valence-corrected chi connectivity index (χ1v) is 12.8. The van der Waals surface area contributed by atoms with Crippen molar-refractivity contribution in [2.24, 2.45) is 5.92 Å². The largest absolute Gasteiger partial charge is 0.497 e. The molecule has 0 radical (unpaired) electrons. The minimum Gasteiger partial charge on any atom is -0.497 e. The van der Waals surface area contributed by atoms with Gasteiger partial charge in [-0.3, -0.25) is 14.4 Å². The summed E-state index contributed by atoms with van der Waals surface area (Å²) >= 11 is 0. The van der Waals surface area contributed by atoms with Crippen LogP contribution in [0.4, 0.5) is 5.69 Å². The molecule has 3 heterocycles. The number of piperidine rings is 1. The normalized spacial score (nSPS) is 24.6. The highest BCUT2D eigenvalue weighted by atomic mass is 16.5. The molecule has 8 nitrogen and oxygen atoms in total. The third-order valence-corrected chi connectivity index (χ3v) is 7.51. The first-order chi connectivity index (χ1) is 17.6. The molecule has 3 amide bonds. The highest BCUT2D eigenvalue weighted by Gasteiger charge is 2.43. The van der Waals surface area contributed by atoms with Crippen molar-refractivity contribution in [2.45, 2.75) is 37.8 Å². The van der Waals surface area contributed by atoms with E-state index in [0.29, 0.717) is 51.4 Å². The standard InChI is InChI=1S/C28H33N3O5/c1-35-22-11-9-21(10-12-22)31-25(32)14-13-23(26(31)20-6-3-2-4-7-20)27(33)29-15-17-30(18-16-29)28(34)24-8-5-19-36-24/h2-4,6-7,9-12,23-24,26H,5,8,13-19H2,1H3/t23-,24+,26-/m0/s1. The van der Waals surface area contributed by atoms with Crippen LogP contribution in [0.5, 0.6) is 5.75 Å². The van der Waals surface area contributed by atoms with E-state index in [4.69, 9.17) is 9.47 Å². The summed E-state index contributed by atoms with van der Waals surface area (Å²) in [5, 5.41) is 0. The minimum absolute atomic E-state index is 0.00468. The summed E-state index contributed by atoms with van der Waals surface area (Å²) in [7, 11) is 1.61. The highest BCUT2D eigenvalue weighted by molar-refractivity contribution is 5.97. The van der Waals surface area contributed by atoms with E-state index >= 15 is 0 Å². The molecule has 8 heteroatoms. The van der Waals surface area contributed by atoms with Gasteiger partial charge in [0.05, 0.1) is 19.1 Å². The van der Waals surface area contributed by atoms with Crippen LogP contribution in [0.15, 0.2) is 54.6 Å². The Hall–Kier alpha value is -3.39. The molecule has 0 bridgehead atoms. The maximum Gasteiger partial charge on any atom is 0.251 e. The second-order valence-electron chi connectivity index (χ2n) is 9.61. The number of rotatable bonds is 5. The maximum atomic E-state index is 13.9. The van der Waals surface area contributed by atoms with Crippen LogP contribution in [0.3, 0.4) is 0 Å². The lowest BCUT2D eigenvalue weighted by Gasteiger charge is -2.44. The number of benzene rings is 2. The minimum atomic E-state index is -0.403. The zero-order chi connectivity index (χ0) is 25.1. The van der Waals surface area contributed by atoms with Crippen LogP contribution in [-0.4, -0.2) is 73.5 Å². The van der Waals surface area contributed by atoms with Gasteiger partial charge in [-0.15, -0.1) is 0 Å². The average molecular weight is 492 g/mol. The van der Waals surface area contributed by atoms with E-state index in [1.165, 1.54) is 0 Å². The number of amides is 3. The Labute approximate surface area is 211 Å². The molecule has 0 saturated carbocycles. The van der Waals surface area contributed by atoms with E-state index in [-0.39, 0.29) is 29.7 Å². The van der Waals surface area contributed by atoms with E-state index < -0.39 is 6.04 Å². The van der Waals surface area contributed by atoms with Crippen LogP contribution in [0, 0.1) is 5.92 Å². The monoisotopic (exact) mass is 491 g/mol. The summed E-state index contributed by atoms with van der Waals surface area (Å²) in [6.45, 7) is 2.64. The lowest BCUT2D eigenvalue weighted by atomic mass is 9.82. The molecule has 0 aromatic heterocycles. The van der Waals surface area contributed by atoms with Gasteiger partial charge in [-0.2, -0.15) is 0 Å². The molecule has 36 heavy (non-hydrogen) atoms. The van der Waals surface area contributed by atoms with Crippen molar-refractivity contribution in [3.05, 3.63) is 60.2 Å². The van der Waals surface area contributed by atoms with Crippen molar-refractivity contribution in [2.75, 3.05) is 44.8 Å². The zero-order valence-electron chi connectivity index (χ0n) is 20.7. The van der Waals surface area contributed by atoms with Gasteiger partial charge in [-0.1, -0.05) is 30.3 Å². The van der Waals surface area contributed by atoms with Crippen molar-refractivity contribution in [1.82, 2.24) is 9.80 Å². The molecule has 0 unspecified atom stereocenters. The molecule has 190 valence electrons. The van der Waals surface area contributed by atoms with Crippen LogP contribution in [-0.2, 0) is 19.1 Å². The van der Waals surface area contributed by atoms with Crippen LogP contribution in [0.25, 0.3) is 0 Å². The van der Waals surface area contributed by atoms with E-state index in [1.54, 1.807) is 12.0 Å². The molecule has 3 aliphatic rings. The van der Waals surface area contributed by atoms with E-state index in [0.717, 1.165) is 24.1 Å². The Morgan fingerprint density at radius 3 is 2.17 bits per heavy atom. The SMILES string of the molecule is COc1ccc(N2C(=O)CC[C@H](C(=O)N3CCN(C(=O)[C@H]4CCCO4)CC3)[C@@H]2c2ccccc2)cc1. The van der Waals surface area contributed by atoms with E-state index in [2.05, 4.69) is 0 Å². The predicted molar refractivity (Wildman–Crippen MR) is 135 cm³/mol.